The molecule has 1 amide bonds. The molecule has 4 heteroatoms. The molecular formula is C22H34BrNOSn. The van der Waals surface area contributed by atoms with E-state index in [1.807, 2.05) is 31.3 Å². The zero-order valence-corrected chi connectivity index (χ0v) is 21.3. The van der Waals surface area contributed by atoms with Crippen molar-refractivity contribution in [3.05, 3.63) is 28.7 Å². The monoisotopic (exact) mass is 527 g/mol. The summed E-state index contributed by atoms with van der Waals surface area (Å²) in [7, 11) is 1.82. The molecule has 0 spiro atoms. The minimum absolute atomic E-state index is 0.0810. The molecule has 0 aliphatic rings. The van der Waals surface area contributed by atoms with Gasteiger partial charge in [-0.2, -0.15) is 0 Å². The van der Waals surface area contributed by atoms with Gasteiger partial charge in [0.15, 0.2) is 0 Å². The molecule has 0 aliphatic heterocycles. The Hall–Kier alpha value is -0.471. The number of para-hydroxylation sites is 1. The van der Waals surface area contributed by atoms with Crippen LogP contribution in [0.15, 0.2) is 28.7 Å². The van der Waals surface area contributed by atoms with Crippen molar-refractivity contribution in [1.29, 1.82) is 0 Å². The fraction of sp³-hybridized carbons (Fsp3) is 0.591. The number of hydrogen-bond donors (Lipinski definition) is 0. The predicted molar refractivity (Wildman–Crippen MR) is 120 cm³/mol. The zero-order chi connectivity index (χ0) is 19.4. The Morgan fingerprint density at radius 1 is 1.00 bits per heavy atom. The molecule has 0 atom stereocenters. The number of anilines is 1. The van der Waals surface area contributed by atoms with E-state index in [0.29, 0.717) is 0 Å². The normalized spacial score (nSPS) is 11.0. The van der Waals surface area contributed by atoms with Crippen molar-refractivity contribution >= 4 is 45.9 Å². The molecule has 1 aromatic carbocycles. The second-order valence-electron chi connectivity index (χ2n) is 7.16. The van der Waals surface area contributed by atoms with Crippen LogP contribution in [0.4, 0.5) is 5.69 Å². The summed E-state index contributed by atoms with van der Waals surface area (Å²) in [6, 6.07) is 7.81. The first kappa shape index (κ1) is 23.6. The Morgan fingerprint density at radius 2 is 1.50 bits per heavy atom. The molecule has 144 valence electrons. The number of nitrogens with zero attached hydrogens (tertiary/aromatic N) is 1. The number of carbonyl (C=O) groups is 1. The number of amides is 1. The van der Waals surface area contributed by atoms with Gasteiger partial charge in [0.05, 0.1) is 0 Å². The van der Waals surface area contributed by atoms with Crippen LogP contribution in [0.5, 0.6) is 0 Å². The summed E-state index contributed by atoms with van der Waals surface area (Å²) in [6.07, 6.45) is 7.49. The van der Waals surface area contributed by atoms with E-state index in [-0.39, 0.29) is 5.91 Å². The summed E-state index contributed by atoms with van der Waals surface area (Å²) >= 11 is 0.960. The van der Waals surface area contributed by atoms with Gasteiger partial charge in [-0.25, -0.2) is 0 Å². The SMILES string of the molecule is CCC[CH2][Sn]([C]#CC(=O)N(C)c1ccccc1Br)([CH2]CCC)[CH2]CCC. The van der Waals surface area contributed by atoms with Crippen LogP contribution >= 0.6 is 15.9 Å². The standard InChI is InChI=1S/C10H7BrNO.3C4H9.Sn/c1-3-10(13)12(2)9-7-5-4-6-8(9)11;3*1-3-4-2;/h4-7H,2H3;3*1,3-4H2,2H3;. The molecule has 1 aromatic rings. The summed E-state index contributed by atoms with van der Waals surface area (Å²) in [4.78, 5) is 14.4. The Balaban J connectivity index is 3.04. The van der Waals surface area contributed by atoms with Gasteiger partial charge in [-0.15, -0.1) is 0 Å². The first-order valence-corrected chi connectivity index (χ1v) is 18.3. The first-order chi connectivity index (χ1) is 12.5. The van der Waals surface area contributed by atoms with Crippen molar-refractivity contribution in [1.82, 2.24) is 0 Å². The van der Waals surface area contributed by atoms with Crippen LogP contribution < -0.4 is 4.90 Å². The van der Waals surface area contributed by atoms with E-state index >= 15 is 0 Å². The predicted octanol–water partition coefficient (Wildman–Crippen LogP) is 6.80. The minimum atomic E-state index is -2.57. The zero-order valence-electron chi connectivity index (χ0n) is 16.9. The molecule has 0 heterocycles. The van der Waals surface area contributed by atoms with Crippen LogP contribution in [0.3, 0.4) is 0 Å². The summed E-state index contributed by atoms with van der Waals surface area (Å²) in [5, 5.41) is 0. The molecule has 0 aromatic heterocycles. The van der Waals surface area contributed by atoms with Crippen LogP contribution in [-0.2, 0) is 4.79 Å². The second-order valence-corrected chi connectivity index (χ2v) is 20.3. The van der Waals surface area contributed by atoms with Crippen LogP contribution in [0, 0.1) is 9.86 Å². The fourth-order valence-corrected chi connectivity index (χ4v) is 16.9. The van der Waals surface area contributed by atoms with Crippen molar-refractivity contribution in [2.24, 2.45) is 0 Å². The number of halogens is 1. The van der Waals surface area contributed by atoms with Crippen LogP contribution in [0.2, 0.25) is 13.3 Å². The Kier molecular flexibility index (Phi) is 11.6. The van der Waals surface area contributed by atoms with Gasteiger partial charge in [-0.1, -0.05) is 0 Å². The number of hydrogen-bond acceptors (Lipinski definition) is 1. The van der Waals surface area contributed by atoms with Crippen LogP contribution in [-0.4, -0.2) is 31.3 Å². The summed E-state index contributed by atoms with van der Waals surface area (Å²) in [5.41, 5.74) is 0.878. The van der Waals surface area contributed by atoms with E-state index in [1.165, 1.54) is 51.8 Å². The van der Waals surface area contributed by atoms with E-state index in [4.69, 9.17) is 0 Å². The number of carbonyl (C=O) groups excluding carboxylic acids is 1. The van der Waals surface area contributed by atoms with Crippen LogP contribution in [0.25, 0.3) is 0 Å². The number of benzene rings is 1. The summed E-state index contributed by atoms with van der Waals surface area (Å²) < 4.78 is 8.52. The van der Waals surface area contributed by atoms with Gasteiger partial charge in [0, 0.05) is 0 Å². The molecule has 0 radical (unpaired) electrons. The molecule has 0 saturated heterocycles. The van der Waals surface area contributed by atoms with Crippen molar-refractivity contribution in [3.63, 3.8) is 0 Å². The van der Waals surface area contributed by atoms with Gasteiger partial charge >= 0.3 is 174 Å². The third-order valence-electron chi connectivity index (χ3n) is 4.98. The van der Waals surface area contributed by atoms with Gasteiger partial charge in [0.2, 0.25) is 0 Å². The Labute approximate surface area is 173 Å². The number of unbranched alkanes of at least 4 members (excludes halogenated alkanes) is 3. The van der Waals surface area contributed by atoms with Crippen molar-refractivity contribution < 1.29 is 4.79 Å². The third kappa shape index (κ3) is 7.64. The molecule has 1 rings (SSSR count). The maximum atomic E-state index is 12.7. The van der Waals surface area contributed by atoms with Gasteiger partial charge < -0.3 is 0 Å². The van der Waals surface area contributed by atoms with Gasteiger partial charge in [0.1, 0.15) is 0 Å². The first-order valence-electron chi connectivity index (χ1n) is 10.0. The van der Waals surface area contributed by atoms with Crippen molar-refractivity contribution in [3.8, 4) is 9.86 Å². The summed E-state index contributed by atoms with van der Waals surface area (Å²) in [6.45, 7) is 6.78. The van der Waals surface area contributed by atoms with E-state index in [1.54, 1.807) is 4.90 Å². The second kappa shape index (κ2) is 12.8. The van der Waals surface area contributed by atoms with Gasteiger partial charge in [-0.05, 0) is 0 Å². The molecule has 26 heavy (non-hydrogen) atoms. The molecule has 0 saturated carbocycles. The average molecular weight is 527 g/mol. The molecule has 0 aliphatic carbocycles. The van der Waals surface area contributed by atoms with Crippen molar-refractivity contribution in [2.45, 2.75) is 72.6 Å². The van der Waals surface area contributed by atoms with Gasteiger partial charge in [-0.3, -0.25) is 0 Å². The van der Waals surface area contributed by atoms with Gasteiger partial charge in [0.25, 0.3) is 0 Å². The number of rotatable bonds is 10. The summed E-state index contributed by atoms with van der Waals surface area (Å²) in [5.74, 6) is 3.00. The van der Waals surface area contributed by atoms with E-state index in [0.717, 1.165) is 10.2 Å². The molecular weight excluding hydrogens is 493 g/mol. The maximum absolute atomic E-state index is 12.7. The van der Waals surface area contributed by atoms with E-state index in [2.05, 4.69) is 46.6 Å². The Morgan fingerprint density at radius 3 is 1.96 bits per heavy atom. The topological polar surface area (TPSA) is 20.3 Å². The third-order valence-corrected chi connectivity index (χ3v) is 18.7. The van der Waals surface area contributed by atoms with Crippen molar-refractivity contribution in [2.75, 3.05) is 11.9 Å². The molecule has 0 bridgehead atoms. The molecule has 2 nitrogen and oxygen atoms in total. The van der Waals surface area contributed by atoms with E-state index < -0.39 is 18.4 Å². The van der Waals surface area contributed by atoms with Crippen LogP contribution in [0.1, 0.15) is 59.3 Å². The van der Waals surface area contributed by atoms with E-state index in [9.17, 15) is 4.79 Å². The quantitative estimate of drug-likeness (QED) is 0.242. The fourth-order valence-electron chi connectivity index (χ4n) is 3.21. The average Bonchev–Trinajstić information content (AvgIpc) is 2.66. The Bertz CT molecular complexity index is 598. The molecule has 0 fully saturated rings. The molecule has 0 N–H and O–H groups in total. The molecule has 0 unspecified atom stereocenters.